The number of thiophene rings is 1. The highest BCUT2D eigenvalue weighted by molar-refractivity contribution is 7.10. The van der Waals surface area contributed by atoms with Gasteiger partial charge in [0.15, 0.2) is 0 Å². The fraction of sp³-hybridized carbons (Fsp3) is 0.476. The van der Waals surface area contributed by atoms with Crippen molar-refractivity contribution in [1.82, 2.24) is 5.32 Å². The zero-order valence-corrected chi connectivity index (χ0v) is 15.9. The summed E-state index contributed by atoms with van der Waals surface area (Å²) < 4.78 is 11.2. The van der Waals surface area contributed by atoms with E-state index in [1.54, 1.807) is 18.4 Å². The van der Waals surface area contributed by atoms with Crippen LogP contribution in [0.1, 0.15) is 54.2 Å². The maximum atomic E-state index is 12.9. The van der Waals surface area contributed by atoms with Gasteiger partial charge in [0.1, 0.15) is 11.9 Å². The number of carbonyl (C=O) groups is 1. The second-order valence-electron chi connectivity index (χ2n) is 7.19. The molecule has 1 saturated carbocycles. The first-order valence-electron chi connectivity index (χ1n) is 9.34. The lowest BCUT2D eigenvalue weighted by atomic mass is 9.87. The van der Waals surface area contributed by atoms with Gasteiger partial charge in [-0.25, -0.2) is 0 Å². The number of amides is 1. The van der Waals surface area contributed by atoms with Crippen LogP contribution in [-0.4, -0.2) is 19.6 Å². The molecule has 2 heterocycles. The van der Waals surface area contributed by atoms with Gasteiger partial charge >= 0.3 is 0 Å². The SMILES string of the molecule is COc1ccc(C2(NC(=O)CC3OCCc4ccsc43)CCCC2)cc1. The monoisotopic (exact) mass is 371 g/mol. The quantitative estimate of drug-likeness (QED) is 0.850. The minimum atomic E-state index is -0.254. The van der Waals surface area contributed by atoms with Gasteiger partial charge in [-0.2, -0.15) is 0 Å². The summed E-state index contributed by atoms with van der Waals surface area (Å²) in [6.07, 6.45) is 5.50. The van der Waals surface area contributed by atoms with Crippen LogP contribution in [0.3, 0.4) is 0 Å². The standard InChI is InChI=1S/C21H25NO3S/c1-24-17-6-4-16(5-7-17)21(10-2-3-11-21)22-19(23)14-18-20-15(8-12-25-18)9-13-26-20/h4-7,9,13,18H,2-3,8,10-12,14H2,1H3,(H,22,23). The molecule has 0 spiro atoms. The molecule has 0 radical (unpaired) electrons. The highest BCUT2D eigenvalue weighted by Crippen LogP contribution is 2.40. The van der Waals surface area contributed by atoms with Crippen LogP contribution in [-0.2, 0) is 21.5 Å². The van der Waals surface area contributed by atoms with Crippen molar-refractivity contribution in [2.75, 3.05) is 13.7 Å². The number of rotatable bonds is 5. The predicted molar refractivity (Wildman–Crippen MR) is 103 cm³/mol. The van der Waals surface area contributed by atoms with Crippen molar-refractivity contribution in [2.45, 2.75) is 50.2 Å². The predicted octanol–water partition coefficient (Wildman–Crippen LogP) is 4.35. The topological polar surface area (TPSA) is 47.6 Å². The molecule has 1 fully saturated rings. The molecular formula is C21H25NO3S. The summed E-state index contributed by atoms with van der Waals surface area (Å²) in [5, 5.41) is 5.46. The molecule has 1 aromatic carbocycles. The van der Waals surface area contributed by atoms with Crippen molar-refractivity contribution in [3.63, 3.8) is 0 Å². The molecule has 1 aliphatic heterocycles. The molecule has 2 aromatic rings. The summed E-state index contributed by atoms with van der Waals surface area (Å²) in [4.78, 5) is 14.1. The molecule has 1 aliphatic carbocycles. The highest BCUT2D eigenvalue weighted by atomic mass is 32.1. The summed E-state index contributed by atoms with van der Waals surface area (Å²) >= 11 is 1.70. The minimum Gasteiger partial charge on any atom is -0.497 e. The molecule has 0 bridgehead atoms. The molecule has 4 nitrogen and oxygen atoms in total. The van der Waals surface area contributed by atoms with E-state index in [2.05, 4.69) is 28.9 Å². The first-order chi connectivity index (χ1) is 12.7. The molecule has 1 amide bonds. The number of fused-ring (bicyclic) bond motifs is 1. The first kappa shape index (κ1) is 17.6. The fourth-order valence-electron chi connectivity index (χ4n) is 4.24. The van der Waals surface area contributed by atoms with Crippen LogP contribution in [0.5, 0.6) is 5.75 Å². The molecular weight excluding hydrogens is 346 g/mol. The van der Waals surface area contributed by atoms with Crippen LogP contribution in [0.25, 0.3) is 0 Å². The van der Waals surface area contributed by atoms with E-state index >= 15 is 0 Å². The fourth-order valence-corrected chi connectivity index (χ4v) is 5.24. The van der Waals surface area contributed by atoms with E-state index in [0.717, 1.165) is 37.9 Å². The van der Waals surface area contributed by atoms with E-state index in [-0.39, 0.29) is 17.6 Å². The minimum absolute atomic E-state index is 0.0777. The van der Waals surface area contributed by atoms with E-state index < -0.39 is 0 Å². The number of benzene rings is 1. The van der Waals surface area contributed by atoms with Gasteiger partial charge in [0.05, 0.1) is 25.7 Å². The van der Waals surface area contributed by atoms with Gasteiger partial charge in [0.2, 0.25) is 5.91 Å². The molecule has 4 rings (SSSR count). The summed E-state index contributed by atoms with van der Waals surface area (Å²) in [5.74, 6) is 0.919. The molecule has 1 aromatic heterocycles. The molecule has 5 heteroatoms. The smallest absolute Gasteiger partial charge is 0.223 e. The molecule has 1 N–H and O–H groups in total. The Kier molecular flexibility index (Phi) is 5.00. The maximum Gasteiger partial charge on any atom is 0.223 e. The van der Waals surface area contributed by atoms with E-state index in [1.807, 2.05) is 12.1 Å². The lowest BCUT2D eigenvalue weighted by molar-refractivity contribution is -0.126. The summed E-state index contributed by atoms with van der Waals surface area (Å²) in [5.41, 5.74) is 2.26. The Balaban J connectivity index is 1.49. The summed E-state index contributed by atoms with van der Waals surface area (Å²) in [6, 6.07) is 10.3. The lowest BCUT2D eigenvalue weighted by Gasteiger charge is -2.32. The zero-order chi connectivity index (χ0) is 18.0. The Morgan fingerprint density at radius 3 is 2.77 bits per heavy atom. The number of ether oxygens (including phenoxy) is 2. The number of hydrogen-bond donors (Lipinski definition) is 1. The van der Waals surface area contributed by atoms with Crippen molar-refractivity contribution in [3.05, 3.63) is 51.7 Å². The number of hydrogen-bond acceptors (Lipinski definition) is 4. The zero-order valence-electron chi connectivity index (χ0n) is 15.1. The van der Waals surface area contributed by atoms with Crippen LogP contribution < -0.4 is 10.1 Å². The molecule has 26 heavy (non-hydrogen) atoms. The third-order valence-electron chi connectivity index (χ3n) is 5.61. The van der Waals surface area contributed by atoms with Crippen molar-refractivity contribution in [3.8, 4) is 5.75 Å². The van der Waals surface area contributed by atoms with Gasteiger partial charge in [-0.15, -0.1) is 11.3 Å². The van der Waals surface area contributed by atoms with Gasteiger partial charge in [0, 0.05) is 4.88 Å². The summed E-state index contributed by atoms with van der Waals surface area (Å²) in [6.45, 7) is 0.700. The third-order valence-corrected chi connectivity index (χ3v) is 6.66. The van der Waals surface area contributed by atoms with E-state index in [1.165, 1.54) is 16.0 Å². The van der Waals surface area contributed by atoms with Crippen LogP contribution in [0.4, 0.5) is 0 Å². The Morgan fingerprint density at radius 1 is 1.27 bits per heavy atom. The number of nitrogens with one attached hydrogen (secondary N) is 1. The Bertz CT molecular complexity index is 762. The Morgan fingerprint density at radius 2 is 2.04 bits per heavy atom. The molecule has 1 atom stereocenters. The number of methoxy groups -OCH3 is 1. The number of carbonyl (C=O) groups excluding carboxylic acids is 1. The first-order valence-corrected chi connectivity index (χ1v) is 10.2. The van der Waals surface area contributed by atoms with Crippen molar-refractivity contribution in [1.29, 1.82) is 0 Å². The van der Waals surface area contributed by atoms with E-state index in [0.29, 0.717) is 13.0 Å². The highest BCUT2D eigenvalue weighted by Gasteiger charge is 2.38. The molecule has 0 saturated heterocycles. The van der Waals surface area contributed by atoms with Gasteiger partial charge in [-0.3, -0.25) is 4.79 Å². The van der Waals surface area contributed by atoms with Crippen molar-refractivity contribution in [2.24, 2.45) is 0 Å². The average molecular weight is 372 g/mol. The van der Waals surface area contributed by atoms with Crippen LogP contribution in [0.15, 0.2) is 35.7 Å². The largest absolute Gasteiger partial charge is 0.497 e. The maximum absolute atomic E-state index is 12.9. The van der Waals surface area contributed by atoms with E-state index in [4.69, 9.17) is 9.47 Å². The Labute approximate surface area is 158 Å². The molecule has 1 unspecified atom stereocenters. The van der Waals surface area contributed by atoms with Crippen LogP contribution in [0, 0.1) is 0 Å². The van der Waals surface area contributed by atoms with Crippen LogP contribution in [0.2, 0.25) is 0 Å². The lowest BCUT2D eigenvalue weighted by Crippen LogP contribution is -2.44. The second kappa shape index (κ2) is 7.41. The van der Waals surface area contributed by atoms with E-state index in [9.17, 15) is 4.79 Å². The third kappa shape index (κ3) is 3.38. The van der Waals surface area contributed by atoms with Gasteiger partial charge in [0.25, 0.3) is 0 Å². The van der Waals surface area contributed by atoms with Gasteiger partial charge < -0.3 is 14.8 Å². The average Bonchev–Trinajstić information content (AvgIpc) is 3.32. The summed E-state index contributed by atoms with van der Waals surface area (Å²) in [7, 11) is 1.67. The Hall–Kier alpha value is -1.85. The van der Waals surface area contributed by atoms with Gasteiger partial charge in [-0.1, -0.05) is 25.0 Å². The van der Waals surface area contributed by atoms with Crippen molar-refractivity contribution >= 4 is 17.2 Å². The van der Waals surface area contributed by atoms with Crippen molar-refractivity contribution < 1.29 is 14.3 Å². The molecule has 138 valence electrons. The molecule has 2 aliphatic rings. The van der Waals surface area contributed by atoms with Gasteiger partial charge in [-0.05, 0) is 54.0 Å². The van der Waals surface area contributed by atoms with Crippen LogP contribution >= 0.6 is 11.3 Å². The second-order valence-corrected chi connectivity index (χ2v) is 8.14. The normalized spacial score (nSPS) is 21.2.